The molecule has 0 aliphatic carbocycles. The lowest BCUT2D eigenvalue weighted by molar-refractivity contribution is 0.100. The number of rotatable bonds is 1. The first kappa shape index (κ1) is 9.27. The Morgan fingerprint density at radius 2 is 2.21 bits per heavy atom. The molecule has 3 nitrogen and oxygen atoms in total. The number of primary amides is 1. The smallest absolute Gasteiger partial charge is 0.250 e. The third-order valence-electron chi connectivity index (χ3n) is 2.25. The summed E-state index contributed by atoms with van der Waals surface area (Å²) in [7, 11) is 0. The molecule has 0 radical (unpaired) electrons. The standard InChI is InChI=1S/C10H9BrN2O/c1-6-5-13(11)9-7(6)3-2-4-8(9)10(12)14/h2-5H,1H3,(H2,12,14). The van der Waals surface area contributed by atoms with Gasteiger partial charge in [0.15, 0.2) is 0 Å². The van der Waals surface area contributed by atoms with E-state index in [1.54, 1.807) is 9.66 Å². The van der Waals surface area contributed by atoms with Crippen molar-refractivity contribution in [1.29, 1.82) is 0 Å². The summed E-state index contributed by atoms with van der Waals surface area (Å²) in [6, 6.07) is 5.53. The van der Waals surface area contributed by atoms with Crippen LogP contribution in [0.25, 0.3) is 10.9 Å². The summed E-state index contributed by atoms with van der Waals surface area (Å²) in [4.78, 5) is 11.2. The van der Waals surface area contributed by atoms with Crippen molar-refractivity contribution in [2.75, 3.05) is 0 Å². The Balaban J connectivity index is 2.92. The Hall–Kier alpha value is -1.29. The van der Waals surface area contributed by atoms with Gasteiger partial charge in [0.25, 0.3) is 5.91 Å². The van der Waals surface area contributed by atoms with Gasteiger partial charge in [0.05, 0.1) is 27.2 Å². The van der Waals surface area contributed by atoms with E-state index in [1.807, 2.05) is 25.3 Å². The second-order valence-corrected chi connectivity index (χ2v) is 3.95. The highest BCUT2D eigenvalue weighted by molar-refractivity contribution is 9.08. The molecule has 0 unspecified atom stereocenters. The fourth-order valence-corrected chi connectivity index (χ4v) is 2.28. The molecule has 1 amide bonds. The first-order valence-electron chi connectivity index (χ1n) is 4.18. The van der Waals surface area contributed by atoms with E-state index in [0.29, 0.717) is 5.56 Å². The van der Waals surface area contributed by atoms with E-state index in [2.05, 4.69) is 16.1 Å². The van der Waals surface area contributed by atoms with Crippen molar-refractivity contribution in [2.45, 2.75) is 6.92 Å². The van der Waals surface area contributed by atoms with Crippen molar-refractivity contribution in [1.82, 2.24) is 3.59 Å². The minimum absolute atomic E-state index is 0.408. The molecule has 0 atom stereocenters. The van der Waals surface area contributed by atoms with Crippen LogP contribution in [0.1, 0.15) is 15.9 Å². The van der Waals surface area contributed by atoms with Gasteiger partial charge in [-0.3, -0.25) is 8.39 Å². The largest absolute Gasteiger partial charge is 0.366 e. The molecule has 0 aliphatic heterocycles. The average Bonchev–Trinajstić information content (AvgIpc) is 2.43. The monoisotopic (exact) mass is 252 g/mol. The van der Waals surface area contributed by atoms with Crippen LogP contribution in [0.2, 0.25) is 0 Å². The maximum atomic E-state index is 11.2. The molecule has 1 heterocycles. The van der Waals surface area contributed by atoms with Gasteiger partial charge in [-0.25, -0.2) is 0 Å². The van der Waals surface area contributed by atoms with Crippen LogP contribution in [0.3, 0.4) is 0 Å². The number of amides is 1. The molecule has 4 heteroatoms. The summed E-state index contributed by atoms with van der Waals surface area (Å²) in [6.07, 6.45) is 1.91. The Labute approximate surface area is 89.8 Å². The number of hydrogen-bond donors (Lipinski definition) is 1. The number of fused-ring (bicyclic) bond motifs is 1. The van der Waals surface area contributed by atoms with E-state index >= 15 is 0 Å². The number of carbonyl (C=O) groups is 1. The van der Waals surface area contributed by atoms with Crippen molar-refractivity contribution in [2.24, 2.45) is 5.73 Å². The van der Waals surface area contributed by atoms with E-state index in [0.717, 1.165) is 16.5 Å². The predicted octanol–water partition coefficient (Wildman–Crippen LogP) is 2.21. The zero-order valence-electron chi connectivity index (χ0n) is 7.62. The van der Waals surface area contributed by atoms with Crippen LogP contribution in [-0.2, 0) is 0 Å². The van der Waals surface area contributed by atoms with Gasteiger partial charge in [0, 0.05) is 11.6 Å². The summed E-state index contributed by atoms with van der Waals surface area (Å²) in [5.74, 6) is -0.408. The van der Waals surface area contributed by atoms with Crippen molar-refractivity contribution in [3.05, 3.63) is 35.5 Å². The predicted molar refractivity (Wildman–Crippen MR) is 59.5 cm³/mol. The highest BCUT2D eigenvalue weighted by Crippen LogP contribution is 2.25. The number of nitrogens with two attached hydrogens (primary N) is 1. The SMILES string of the molecule is Cc1cn(Br)c2c(C(N)=O)cccc12. The zero-order chi connectivity index (χ0) is 10.3. The Morgan fingerprint density at radius 1 is 1.50 bits per heavy atom. The number of para-hydroxylation sites is 1. The lowest BCUT2D eigenvalue weighted by atomic mass is 10.1. The van der Waals surface area contributed by atoms with Crippen LogP contribution in [0, 0.1) is 6.92 Å². The highest BCUT2D eigenvalue weighted by Gasteiger charge is 2.11. The zero-order valence-corrected chi connectivity index (χ0v) is 9.21. The van der Waals surface area contributed by atoms with Gasteiger partial charge in [-0.1, -0.05) is 12.1 Å². The molecule has 0 bridgehead atoms. The topological polar surface area (TPSA) is 48.0 Å². The van der Waals surface area contributed by atoms with Crippen LogP contribution in [-0.4, -0.2) is 9.50 Å². The summed E-state index contributed by atoms with van der Waals surface area (Å²) >= 11 is 3.35. The molecule has 14 heavy (non-hydrogen) atoms. The third-order valence-corrected chi connectivity index (χ3v) is 2.81. The van der Waals surface area contributed by atoms with Gasteiger partial charge < -0.3 is 5.73 Å². The molecule has 2 rings (SSSR count). The number of hydrogen-bond acceptors (Lipinski definition) is 1. The quantitative estimate of drug-likeness (QED) is 0.832. The number of nitrogens with zero attached hydrogens (tertiary/aromatic N) is 1. The lowest BCUT2D eigenvalue weighted by Crippen LogP contribution is -2.11. The lowest BCUT2D eigenvalue weighted by Gasteiger charge is -2.00. The molecule has 0 aliphatic rings. The van der Waals surface area contributed by atoms with Crippen LogP contribution >= 0.6 is 16.1 Å². The maximum Gasteiger partial charge on any atom is 0.250 e. The molecule has 0 fully saturated rings. The first-order valence-corrected chi connectivity index (χ1v) is 4.89. The van der Waals surface area contributed by atoms with E-state index in [-0.39, 0.29) is 0 Å². The molecular weight excluding hydrogens is 244 g/mol. The number of halogens is 1. The van der Waals surface area contributed by atoms with Gasteiger partial charge in [-0.05, 0) is 18.6 Å². The van der Waals surface area contributed by atoms with E-state index in [4.69, 9.17) is 5.73 Å². The van der Waals surface area contributed by atoms with Gasteiger partial charge in [0.1, 0.15) is 0 Å². The minimum atomic E-state index is -0.408. The number of aryl methyl sites for hydroxylation is 1. The average molecular weight is 253 g/mol. The van der Waals surface area contributed by atoms with Gasteiger partial charge in [-0.2, -0.15) is 0 Å². The molecule has 2 aromatic rings. The summed E-state index contributed by atoms with van der Waals surface area (Å²) in [5.41, 5.74) is 7.76. The van der Waals surface area contributed by atoms with Crippen LogP contribution in [0.15, 0.2) is 24.4 Å². The van der Waals surface area contributed by atoms with E-state index in [9.17, 15) is 4.79 Å². The normalized spacial score (nSPS) is 10.7. The van der Waals surface area contributed by atoms with Crippen molar-refractivity contribution in [3.63, 3.8) is 0 Å². The fourth-order valence-electron chi connectivity index (χ4n) is 1.59. The molecule has 0 spiro atoms. The second-order valence-electron chi connectivity index (χ2n) is 3.19. The van der Waals surface area contributed by atoms with Gasteiger partial charge in [-0.15, -0.1) is 0 Å². The summed E-state index contributed by atoms with van der Waals surface area (Å²) < 4.78 is 1.75. The minimum Gasteiger partial charge on any atom is -0.366 e. The highest BCUT2D eigenvalue weighted by atomic mass is 79.9. The van der Waals surface area contributed by atoms with Gasteiger partial charge >= 0.3 is 0 Å². The van der Waals surface area contributed by atoms with E-state index in [1.165, 1.54) is 0 Å². The number of carbonyl (C=O) groups excluding carboxylic acids is 1. The van der Waals surface area contributed by atoms with Crippen molar-refractivity contribution in [3.8, 4) is 0 Å². The molecule has 0 saturated heterocycles. The molecule has 1 aromatic heterocycles. The van der Waals surface area contributed by atoms with E-state index < -0.39 is 5.91 Å². The fraction of sp³-hybridized carbons (Fsp3) is 0.100. The van der Waals surface area contributed by atoms with Crippen molar-refractivity contribution < 1.29 is 4.79 Å². The second kappa shape index (κ2) is 3.13. The Bertz CT molecular complexity index is 516. The summed E-state index contributed by atoms with van der Waals surface area (Å²) in [6.45, 7) is 1.99. The number of aromatic nitrogens is 1. The number of benzene rings is 1. The van der Waals surface area contributed by atoms with Crippen LogP contribution in [0.5, 0.6) is 0 Å². The molecule has 1 aromatic carbocycles. The molecule has 2 N–H and O–H groups in total. The third kappa shape index (κ3) is 1.23. The first-order chi connectivity index (χ1) is 6.61. The Morgan fingerprint density at radius 3 is 2.86 bits per heavy atom. The molecular formula is C10H9BrN2O. The molecule has 0 saturated carbocycles. The van der Waals surface area contributed by atoms with Crippen molar-refractivity contribution >= 4 is 33.0 Å². The molecule has 72 valence electrons. The summed E-state index contributed by atoms with van der Waals surface area (Å²) in [5, 5.41) is 1.04. The maximum absolute atomic E-state index is 11.2. The van der Waals surface area contributed by atoms with Crippen LogP contribution < -0.4 is 5.73 Å². The van der Waals surface area contributed by atoms with Crippen LogP contribution in [0.4, 0.5) is 0 Å². The Kier molecular flexibility index (Phi) is 2.07. The van der Waals surface area contributed by atoms with Gasteiger partial charge in [0.2, 0.25) is 0 Å².